The van der Waals surface area contributed by atoms with Crippen LogP contribution in [0.5, 0.6) is 0 Å². The summed E-state index contributed by atoms with van der Waals surface area (Å²) in [6.07, 6.45) is 2.19. The smallest absolute Gasteiger partial charge is 0.241 e. The molecule has 4 nitrogen and oxygen atoms in total. The van der Waals surface area contributed by atoms with Gasteiger partial charge in [0.15, 0.2) is 0 Å². The summed E-state index contributed by atoms with van der Waals surface area (Å²) in [5.74, 6) is 0.487. The average Bonchev–Trinajstić information content (AvgIpc) is 3.20. The van der Waals surface area contributed by atoms with E-state index in [1.54, 1.807) is 6.07 Å². The minimum Gasteiger partial charge on any atom is -0.326 e. The fourth-order valence-electron chi connectivity index (χ4n) is 2.56. The van der Waals surface area contributed by atoms with Crippen molar-refractivity contribution in [2.24, 2.45) is 17.1 Å². The van der Waals surface area contributed by atoms with E-state index < -0.39 is 10.0 Å². The molecule has 1 aromatic rings. The lowest BCUT2D eigenvalue weighted by Crippen LogP contribution is -2.33. The van der Waals surface area contributed by atoms with E-state index in [1.165, 1.54) is 0 Å². The van der Waals surface area contributed by atoms with Crippen molar-refractivity contribution in [3.05, 3.63) is 27.7 Å². The second-order valence-corrected chi connectivity index (χ2v) is 8.80. The Labute approximate surface area is 135 Å². The van der Waals surface area contributed by atoms with Crippen LogP contribution >= 0.6 is 15.9 Å². The zero-order valence-corrected chi connectivity index (χ0v) is 15.1. The van der Waals surface area contributed by atoms with Gasteiger partial charge in [0.1, 0.15) is 0 Å². The molecule has 0 atom stereocenters. The van der Waals surface area contributed by atoms with Gasteiger partial charge in [-0.3, -0.25) is 0 Å². The molecular weight excluding hydrogens is 352 g/mol. The summed E-state index contributed by atoms with van der Waals surface area (Å²) < 4.78 is 28.6. The first kappa shape index (κ1) is 16.9. The van der Waals surface area contributed by atoms with Crippen LogP contribution in [0.25, 0.3) is 0 Å². The molecule has 0 radical (unpaired) electrons. The molecule has 3 N–H and O–H groups in total. The van der Waals surface area contributed by atoms with Gasteiger partial charge in [-0.15, -0.1) is 0 Å². The average molecular weight is 375 g/mol. The number of hydrogen-bond donors (Lipinski definition) is 2. The Bertz CT molecular complexity index is 637. The zero-order valence-electron chi connectivity index (χ0n) is 12.7. The lowest BCUT2D eigenvalue weighted by molar-refractivity contribution is 0.357. The van der Waals surface area contributed by atoms with Gasteiger partial charge >= 0.3 is 0 Å². The highest BCUT2D eigenvalue weighted by molar-refractivity contribution is 9.10. The summed E-state index contributed by atoms with van der Waals surface area (Å²) in [6, 6.07) is 3.55. The summed E-state index contributed by atoms with van der Waals surface area (Å²) in [7, 11) is -3.53. The minimum atomic E-state index is -3.53. The number of nitrogens with two attached hydrogens (primary N) is 1. The van der Waals surface area contributed by atoms with Gasteiger partial charge in [0.05, 0.1) is 4.90 Å². The quantitative estimate of drug-likeness (QED) is 0.803. The van der Waals surface area contributed by atoms with Crippen LogP contribution in [0.15, 0.2) is 21.5 Å². The molecule has 0 aliphatic heterocycles. The predicted molar refractivity (Wildman–Crippen MR) is 88.5 cm³/mol. The number of hydrogen-bond acceptors (Lipinski definition) is 3. The first-order valence-corrected chi connectivity index (χ1v) is 9.48. The maximum atomic E-state index is 12.6. The van der Waals surface area contributed by atoms with E-state index in [4.69, 9.17) is 5.73 Å². The Balaban J connectivity index is 2.26. The van der Waals surface area contributed by atoms with E-state index in [2.05, 4.69) is 34.5 Å². The van der Waals surface area contributed by atoms with Gasteiger partial charge in [0.25, 0.3) is 0 Å². The van der Waals surface area contributed by atoms with Crippen molar-refractivity contribution in [2.75, 3.05) is 6.54 Å². The van der Waals surface area contributed by atoms with Crippen LogP contribution in [0.3, 0.4) is 0 Å². The fourth-order valence-corrected chi connectivity index (χ4v) is 4.76. The van der Waals surface area contributed by atoms with Crippen LogP contribution in [0.1, 0.15) is 37.8 Å². The van der Waals surface area contributed by atoms with Gasteiger partial charge in [0, 0.05) is 17.6 Å². The monoisotopic (exact) mass is 374 g/mol. The molecule has 21 heavy (non-hydrogen) atoms. The molecule has 0 bridgehead atoms. The Hall–Kier alpha value is -0.430. The molecule has 0 heterocycles. The van der Waals surface area contributed by atoms with Crippen molar-refractivity contribution in [2.45, 2.75) is 45.1 Å². The fraction of sp³-hybridized carbons (Fsp3) is 0.600. The Morgan fingerprint density at radius 3 is 2.48 bits per heavy atom. The van der Waals surface area contributed by atoms with E-state index in [0.717, 1.165) is 24.0 Å². The third-order valence-electron chi connectivity index (χ3n) is 4.54. The first-order chi connectivity index (χ1) is 9.72. The van der Waals surface area contributed by atoms with E-state index >= 15 is 0 Å². The number of rotatable bonds is 6. The Morgan fingerprint density at radius 1 is 1.38 bits per heavy atom. The summed E-state index contributed by atoms with van der Waals surface area (Å²) in [4.78, 5) is 0.280. The van der Waals surface area contributed by atoms with Crippen molar-refractivity contribution in [1.29, 1.82) is 0 Å². The van der Waals surface area contributed by atoms with Crippen molar-refractivity contribution < 1.29 is 8.42 Å². The molecule has 0 unspecified atom stereocenters. The number of sulfonamides is 1. The topological polar surface area (TPSA) is 72.2 Å². The molecule has 1 aliphatic carbocycles. The molecule has 118 valence electrons. The van der Waals surface area contributed by atoms with E-state index in [-0.39, 0.29) is 10.3 Å². The molecule has 1 aliphatic rings. The van der Waals surface area contributed by atoms with Crippen LogP contribution in [-0.4, -0.2) is 15.0 Å². The van der Waals surface area contributed by atoms with E-state index in [9.17, 15) is 8.42 Å². The van der Waals surface area contributed by atoms with Gasteiger partial charge in [-0.25, -0.2) is 13.1 Å². The van der Waals surface area contributed by atoms with E-state index in [0.29, 0.717) is 23.5 Å². The molecule has 2 rings (SSSR count). The van der Waals surface area contributed by atoms with Gasteiger partial charge in [-0.2, -0.15) is 0 Å². The van der Waals surface area contributed by atoms with Crippen molar-refractivity contribution in [3.8, 4) is 0 Å². The molecule has 0 saturated heterocycles. The van der Waals surface area contributed by atoms with Crippen molar-refractivity contribution in [1.82, 2.24) is 4.72 Å². The van der Waals surface area contributed by atoms with Crippen LogP contribution in [0, 0.1) is 18.3 Å². The molecule has 0 spiro atoms. The van der Waals surface area contributed by atoms with Crippen LogP contribution in [0.4, 0.5) is 0 Å². The number of halogens is 1. The van der Waals surface area contributed by atoms with Gasteiger partial charge < -0.3 is 5.73 Å². The molecular formula is C15H23BrN2O2S. The maximum Gasteiger partial charge on any atom is 0.241 e. The van der Waals surface area contributed by atoms with Crippen LogP contribution < -0.4 is 10.5 Å². The summed E-state index contributed by atoms with van der Waals surface area (Å²) in [5, 5.41) is 0. The predicted octanol–water partition coefficient (Wildman–Crippen LogP) is 2.93. The number of nitrogens with one attached hydrogen (secondary N) is 1. The third kappa shape index (κ3) is 3.50. The highest BCUT2D eigenvalue weighted by Gasteiger charge is 2.45. The standard InChI is InChI=1S/C15H23BrN2O2S/c1-10(2)15(4-5-15)9-18-21(19,20)13-7-12(8-17)6-11(3)14(13)16/h6-7,10,18H,4-5,8-9,17H2,1-3H3. The summed E-state index contributed by atoms with van der Waals surface area (Å²) in [6.45, 7) is 7.00. The molecule has 6 heteroatoms. The van der Waals surface area contributed by atoms with Crippen molar-refractivity contribution in [3.63, 3.8) is 0 Å². The summed E-state index contributed by atoms with van der Waals surface area (Å²) >= 11 is 3.38. The zero-order chi connectivity index (χ0) is 15.8. The molecule has 1 saturated carbocycles. The van der Waals surface area contributed by atoms with E-state index in [1.807, 2.05) is 13.0 Å². The second kappa shape index (κ2) is 5.99. The molecule has 1 fully saturated rings. The SMILES string of the molecule is Cc1cc(CN)cc(S(=O)(=O)NCC2(C(C)C)CC2)c1Br. The number of benzene rings is 1. The lowest BCUT2D eigenvalue weighted by atomic mass is 9.93. The first-order valence-electron chi connectivity index (χ1n) is 7.20. The maximum absolute atomic E-state index is 12.6. The highest BCUT2D eigenvalue weighted by Crippen LogP contribution is 2.51. The molecule has 1 aromatic carbocycles. The minimum absolute atomic E-state index is 0.139. The lowest BCUT2D eigenvalue weighted by Gasteiger charge is -2.20. The third-order valence-corrected chi connectivity index (χ3v) is 7.28. The van der Waals surface area contributed by atoms with Gasteiger partial charge in [-0.05, 0) is 64.2 Å². The number of aryl methyl sites for hydroxylation is 1. The van der Waals surface area contributed by atoms with Crippen LogP contribution in [0.2, 0.25) is 0 Å². The largest absolute Gasteiger partial charge is 0.326 e. The Morgan fingerprint density at radius 2 is 2.00 bits per heavy atom. The summed E-state index contributed by atoms with van der Waals surface area (Å²) in [5.41, 5.74) is 7.48. The van der Waals surface area contributed by atoms with Gasteiger partial charge in [0.2, 0.25) is 10.0 Å². The highest BCUT2D eigenvalue weighted by atomic mass is 79.9. The Kier molecular flexibility index (Phi) is 4.83. The van der Waals surface area contributed by atoms with Crippen LogP contribution in [-0.2, 0) is 16.6 Å². The second-order valence-electron chi connectivity index (χ2n) is 6.27. The molecule has 0 amide bonds. The van der Waals surface area contributed by atoms with Crippen molar-refractivity contribution >= 4 is 26.0 Å². The normalized spacial score (nSPS) is 17.2. The molecule has 0 aromatic heterocycles. The van der Waals surface area contributed by atoms with Gasteiger partial charge in [-0.1, -0.05) is 19.9 Å².